The van der Waals surface area contributed by atoms with Crippen molar-refractivity contribution in [2.75, 3.05) is 27.8 Å². The van der Waals surface area contributed by atoms with Gasteiger partial charge in [-0.3, -0.25) is 4.90 Å². The fourth-order valence-electron chi connectivity index (χ4n) is 6.39. The zero-order valence-electron chi connectivity index (χ0n) is 17.8. The number of aliphatic hydroxyl groups is 1. The Morgan fingerprint density at radius 1 is 1.28 bits per heavy atom. The monoisotopic (exact) mass is 397 g/mol. The fourth-order valence-corrected chi connectivity index (χ4v) is 6.39. The van der Waals surface area contributed by atoms with Crippen LogP contribution in [0.1, 0.15) is 43.7 Å². The highest BCUT2D eigenvalue weighted by Crippen LogP contribution is 2.67. The molecule has 0 radical (unpaired) electrons. The molecule has 0 saturated carbocycles. The van der Waals surface area contributed by atoms with E-state index in [1.807, 2.05) is 12.1 Å². The second kappa shape index (κ2) is 6.51. The lowest BCUT2D eigenvalue weighted by Gasteiger charge is -2.58. The van der Waals surface area contributed by atoms with Crippen molar-refractivity contribution in [2.45, 2.75) is 62.2 Å². The first kappa shape index (κ1) is 19.0. The Morgan fingerprint density at radius 2 is 2.10 bits per heavy atom. The molecule has 1 fully saturated rings. The van der Waals surface area contributed by atoms with Crippen molar-refractivity contribution in [1.82, 2.24) is 4.90 Å². The predicted octanol–water partition coefficient (Wildman–Crippen LogP) is 3.35. The van der Waals surface area contributed by atoms with Crippen LogP contribution in [0.4, 0.5) is 0 Å². The molecule has 1 spiro atoms. The van der Waals surface area contributed by atoms with Gasteiger partial charge in [0.2, 0.25) is 5.60 Å². The van der Waals surface area contributed by atoms with Crippen molar-refractivity contribution < 1.29 is 19.3 Å². The van der Waals surface area contributed by atoms with Gasteiger partial charge in [-0.05, 0) is 56.1 Å². The number of allylic oxidation sites excluding steroid dienone is 2. The van der Waals surface area contributed by atoms with Gasteiger partial charge < -0.3 is 19.3 Å². The lowest BCUT2D eigenvalue weighted by Crippen LogP contribution is -2.68. The first-order chi connectivity index (χ1) is 14.0. The Balaban J connectivity index is 1.82. The number of nitrogens with zero attached hydrogens (tertiary/aromatic N) is 1. The van der Waals surface area contributed by atoms with Gasteiger partial charge in [-0.15, -0.1) is 0 Å². The van der Waals surface area contributed by atoms with Crippen LogP contribution in [0.15, 0.2) is 35.6 Å². The molecule has 4 atom stereocenters. The third-order valence-electron chi connectivity index (χ3n) is 7.69. The first-order valence-electron chi connectivity index (χ1n) is 10.8. The highest BCUT2D eigenvalue weighted by atomic mass is 16.6. The van der Waals surface area contributed by atoms with Crippen molar-refractivity contribution in [3.8, 4) is 11.5 Å². The van der Waals surface area contributed by atoms with Crippen molar-refractivity contribution in [3.05, 3.63) is 46.7 Å². The van der Waals surface area contributed by atoms with Crippen LogP contribution in [-0.4, -0.2) is 55.6 Å². The molecular formula is C24H31NO4. The molecule has 5 rings (SSSR count). The lowest BCUT2D eigenvalue weighted by atomic mass is 9.51. The molecule has 0 amide bonds. The summed E-state index contributed by atoms with van der Waals surface area (Å²) in [7, 11) is 5.58. The minimum Gasteiger partial charge on any atom is -0.497 e. The number of hydrogen-bond donors (Lipinski definition) is 1. The van der Waals surface area contributed by atoms with E-state index < -0.39 is 17.1 Å². The summed E-state index contributed by atoms with van der Waals surface area (Å²) in [4.78, 5) is 2.44. The second-order valence-electron chi connectivity index (χ2n) is 8.84. The van der Waals surface area contributed by atoms with E-state index in [1.54, 1.807) is 14.2 Å². The fraction of sp³-hybridized carbons (Fsp3) is 0.583. The Hall–Kier alpha value is -1.98. The normalized spacial score (nSPS) is 32.7. The van der Waals surface area contributed by atoms with E-state index in [9.17, 15) is 5.11 Å². The summed E-state index contributed by atoms with van der Waals surface area (Å²) >= 11 is 0. The number of rotatable bonds is 6. The van der Waals surface area contributed by atoms with Crippen LogP contribution in [0.5, 0.6) is 11.5 Å². The van der Waals surface area contributed by atoms with Crippen LogP contribution in [0.2, 0.25) is 0 Å². The van der Waals surface area contributed by atoms with Gasteiger partial charge in [-0.25, -0.2) is 0 Å². The number of piperidine rings is 1. The van der Waals surface area contributed by atoms with Crippen molar-refractivity contribution >= 4 is 0 Å². The van der Waals surface area contributed by atoms with Gasteiger partial charge in [0.15, 0.2) is 11.5 Å². The van der Waals surface area contributed by atoms with Crippen LogP contribution in [0.25, 0.3) is 0 Å². The Bertz CT molecular complexity index is 906. The second-order valence-corrected chi connectivity index (χ2v) is 8.84. The van der Waals surface area contributed by atoms with E-state index in [0.29, 0.717) is 12.5 Å². The Kier molecular flexibility index (Phi) is 4.27. The molecule has 0 unspecified atom stereocenters. The number of aliphatic hydroxyl groups excluding tert-OH is 1. The Morgan fingerprint density at radius 3 is 2.83 bits per heavy atom. The van der Waals surface area contributed by atoms with E-state index in [1.165, 1.54) is 16.7 Å². The molecule has 29 heavy (non-hydrogen) atoms. The molecule has 1 saturated heterocycles. The molecule has 156 valence electrons. The maximum atomic E-state index is 11.7. The average Bonchev–Trinajstić information content (AvgIpc) is 3.06. The van der Waals surface area contributed by atoms with Gasteiger partial charge in [-0.1, -0.05) is 31.9 Å². The lowest BCUT2D eigenvalue weighted by molar-refractivity contribution is -0.0990. The summed E-state index contributed by atoms with van der Waals surface area (Å²) in [6.45, 7) is 3.11. The molecule has 4 aliphatic rings. The van der Waals surface area contributed by atoms with Gasteiger partial charge >= 0.3 is 0 Å². The largest absolute Gasteiger partial charge is 0.497 e. The summed E-state index contributed by atoms with van der Waals surface area (Å²) < 4.78 is 18.5. The van der Waals surface area contributed by atoms with Crippen LogP contribution in [0, 0.1) is 0 Å². The van der Waals surface area contributed by atoms with Crippen molar-refractivity contribution in [3.63, 3.8) is 0 Å². The number of likely N-dealkylation sites (N-methyl/N-ethyl adjacent to an activating group) is 1. The smallest absolute Gasteiger partial charge is 0.204 e. The minimum absolute atomic E-state index is 0.312. The van der Waals surface area contributed by atoms with E-state index >= 15 is 0 Å². The number of methoxy groups -OCH3 is 2. The van der Waals surface area contributed by atoms with E-state index in [2.05, 4.69) is 31.0 Å². The van der Waals surface area contributed by atoms with Gasteiger partial charge in [0, 0.05) is 11.6 Å². The quantitative estimate of drug-likeness (QED) is 0.798. The number of ether oxygens (including phenoxy) is 3. The summed E-state index contributed by atoms with van der Waals surface area (Å²) in [6, 6.07) is 4.51. The maximum absolute atomic E-state index is 11.7. The van der Waals surface area contributed by atoms with E-state index in [4.69, 9.17) is 14.2 Å². The molecule has 5 nitrogen and oxygen atoms in total. The van der Waals surface area contributed by atoms with E-state index in [0.717, 1.165) is 49.5 Å². The van der Waals surface area contributed by atoms with Gasteiger partial charge in [-0.2, -0.15) is 0 Å². The highest BCUT2D eigenvalue weighted by molar-refractivity contribution is 5.70. The molecular weight excluding hydrogens is 366 g/mol. The molecule has 5 heteroatoms. The highest BCUT2D eigenvalue weighted by Gasteiger charge is 2.72. The number of likely N-dealkylation sites (tertiary alicyclic amines) is 1. The number of unbranched alkanes of at least 4 members (excludes halogenated alkanes) is 1. The maximum Gasteiger partial charge on any atom is 0.204 e. The number of hydrogen-bond acceptors (Lipinski definition) is 5. The molecule has 2 aliphatic heterocycles. The van der Waals surface area contributed by atoms with Gasteiger partial charge in [0.05, 0.1) is 19.6 Å². The number of benzene rings is 1. The topological polar surface area (TPSA) is 51.2 Å². The first-order valence-corrected chi connectivity index (χ1v) is 10.8. The molecule has 1 N–H and O–H groups in total. The third-order valence-corrected chi connectivity index (χ3v) is 7.69. The Labute approximate surface area is 172 Å². The molecule has 2 heterocycles. The molecule has 2 bridgehead atoms. The predicted molar refractivity (Wildman–Crippen MR) is 111 cm³/mol. The zero-order valence-corrected chi connectivity index (χ0v) is 17.8. The molecule has 1 aromatic rings. The average molecular weight is 398 g/mol. The molecule has 0 aromatic heterocycles. The summed E-state index contributed by atoms with van der Waals surface area (Å²) in [5.74, 6) is 2.25. The van der Waals surface area contributed by atoms with Crippen molar-refractivity contribution in [1.29, 1.82) is 0 Å². The van der Waals surface area contributed by atoms with Crippen LogP contribution in [0.3, 0.4) is 0 Å². The van der Waals surface area contributed by atoms with Crippen LogP contribution in [-0.2, 0) is 16.6 Å². The molecule has 1 aromatic carbocycles. The summed E-state index contributed by atoms with van der Waals surface area (Å²) in [6.07, 6.45) is 8.09. The molecule has 2 aliphatic carbocycles. The van der Waals surface area contributed by atoms with Crippen LogP contribution < -0.4 is 9.47 Å². The van der Waals surface area contributed by atoms with Crippen molar-refractivity contribution in [2.24, 2.45) is 0 Å². The third kappa shape index (κ3) is 2.13. The summed E-state index contributed by atoms with van der Waals surface area (Å²) in [5.41, 5.74) is 2.52. The van der Waals surface area contributed by atoms with Gasteiger partial charge in [0.25, 0.3) is 0 Å². The minimum atomic E-state index is -0.938. The SMILES string of the molecule is CCCC[C@@H](O)[C@@]12Oc3c(OC)ccc4c3[C@@]13CCN(C)[C@@H](C4)C3=CC=C2OC. The zero-order chi connectivity index (χ0) is 20.4. The van der Waals surface area contributed by atoms with E-state index in [-0.39, 0.29) is 0 Å². The van der Waals surface area contributed by atoms with Gasteiger partial charge in [0.1, 0.15) is 11.9 Å². The van der Waals surface area contributed by atoms with Crippen LogP contribution >= 0.6 is 0 Å². The standard InChI is InChI=1S/C24H31NO4/c1-5-6-7-19(26)24-20(28-4)11-9-16-17-14-15-8-10-18(27-3)22(29-24)21(15)23(16,24)12-13-25(17)2/h8-11,17,19,26H,5-7,12-14H2,1-4H3/t17-,19+,23-,24-/m0/s1. The summed E-state index contributed by atoms with van der Waals surface area (Å²) in [5, 5.41) is 11.7.